The van der Waals surface area contributed by atoms with Crippen LogP contribution in [0.3, 0.4) is 0 Å². The molecule has 0 spiro atoms. The SMILES string of the molecule is Cc1ccc(Cl)c(C)c1N=C(N)N=C(N)N. The molecule has 6 N–H and O–H groups in total. The molecule has 6 heteroatoms. The highest BCUT2D eigenvalue weighted by molar-refractivity contribution is 6.31. The maximum atomic E-state index is 5.98. The maximum Gasteiger partial charge on any atom is 0.223 e. The Labute approximate surface area is 99.0 Å². The molecule has 0 unspecified atom stereocenters. The van der Waals surface area contributed by atoms with E-state index in [4.69, 9.17) is 28.8 Å². The van der Waals surface area contributed by atoms with Crippen molar-refractivity contribution >= 4 is 29.2 Å². The molecule has 0 aromatic heterocycles. The van der Waals surface area contributed by atoms with E-state index in [-0.39, 0.29) is 11.9 Å². The van der Waals surface area contributed by atoms with Gasteiger partial charge in [-0.1, -0.05) is 17.7 Å². The molecule has 16 heavy (non-hydrogen) atoms. The highest BCUT2D eigenvalue weighted by Gasteiger charge is 2.05. The molecule has 0 radical (unpaired) electrons. The monoisotopic (exact) mass is 239 g/mol. The average Bonchev–Trinajstić information content (AvgIpc) is 2.17. The molecule has 0 bridgehead atoms. The van der Waals surface area contributed by atoms with E-state index >= 15 is 0 Å². The lowest BCUT2D eigenvalue weighted by atomic mass is 10.1. The first-order chi connectivity index (χ1) is 7.41. The van der Waals surface area contributed by atoms with E-state index in [0.29, 0.717) is 10.7 Å². The van der Waals surface area contributed by atoms with Gasteiger partial charge in [-0.25, -0.2) is 4.99 Å². The van der Waals surface area contributed by atoms with Crippen LogP contribution in [0.1, 0.15) is 11.1 Å². The largest absolute Gasteiger partial charge is 0.370 e. The molecule has 0 aliphatic heterocycles. The van der Waals surface area contributed by atoms with Gasteiger partial charge in [0.1, 0.15) is 0 Å². The van der Waals surface area contributed by atoms with Gasteiger partial charge in [-0.2, -0.15) is 4.99 Å². The zero-order valence-electron chi connectivity index (χ0n) is 9.16. The highest BCUT2D eigenvalue weighted by Crippen LogP contribution is 2.29. The van der Waals surface area contributed by atoms with Crippen LogP contribution in [-0.4, -0.2) is 11.9 Å². The number of halogens is 1. The van der Waals surface area contributed by atoms with Gasteiger partial charge < -0.3 is 17.2 Å². The second kappa shape index (κ2) is 4.85. The number of nitrogens with two attached hydrogens (primary N) is 3. The molecule has 0 amide bonds. The van der Waals surface area contributed by atoms with E-state index in [9.17, 15) is 0 Å². The number of hydrogen-bond donors (Lipinski definition) is 3. The number of hydrogen-bond acceptors (Lipinski definition) is 1. The average molecular weight is 240 g/mol. The van der Waals surface area contributed by atoms with Crippen molar-refractivity contribution in [2.24, 2.45) is 27.2 Å². The van der Waals surface area contributed by atoms with Crippen molar-refractivity contribution < 1.29 is 0 Å². The fourth-order valence-corrected chi connectivity index (χ4v) is 1.41. The lowest BCUT2D eigenvalue weighted by molar-refractivity contribution is 1.30. The summed E-state index contributed by atoms with van der Waals surface area (Å²) in [5.74, 6) is -0.118. The van der Waals surface area contributed by atoms with Crippen molar-refractivity contribution in [2.45, 2.75) is 13.8 Å². The number of guanidine groups is 2. The molecule has 1 aromatic carbocycles. The van der Waals surface area contributed by atoms with E-state index in [1.807, 2.05) is 26.0 Å². The summed E-state index contributed by atoms with van der Waals surface area (Å²) < 4.78 is 0. The molecule has 0 saturated carbocycles. The Bertz CT molecular complexity index is 461. The zero-order chi connectivity index (χ0) is 12.3. The van der Waals surface area contributed by atoms with Gasteiger partial charge in [-0.05, 0) is 31.0 Å². The summed E-state index contributed by atoms with van der Waals surface area (Å²) in [5.41, 5.74) is 18.4. The number of aryl methyl sites for hydroxylation is 1. The van der Waals surface area contributed by atoms with Gasteiger partial charge in [0.2, 0.25) is 5.96 Å². The van der Waals surface area contributed by atoms with Crippen LogP contribution < -0.4 is 17.2 Å². The van der Waals surface area contributed by atoms with E-state index in [1.54, 1.807) is 0 Å². The van der Waals surface area contributed by atoms with Gasteiger partial charge in [0.05, 0.1) is 5.69 Å². The molecule has 0 aliphatic carbocycles. The molecule has 0 saturated heterocycles. The molecule has 0 fully saturated rings. The first-order valence-corrected chi connectivity index (χ1v) is 4.99. The third-order valence-corrected chi connectivity index (χ3v) is 2.45. The molecule has 0 atom stereocenters. The minimum absolute atomic E-state index is 0.00784. The molecule has 0 heterocycles. The lowest BCUT2D eigenvalue weighted by Gasteiger charge is -2.06. The summed E-state index contributed by atoms with van der Waals surface area (Å²) in [6, 6.07) is 3.67. The van der Waals surface area contributed by atoms with Crippen LogP contribution in [0, 0.1) is 13.8 Å². The lowest BCUT2D eigenvalue weighted by Crippen LogP contribution is -2.26. The fraction of sp³-hybridized carbons (Fsp3) is 0.200. The van der Waals surface area contributed by atoms with Crippen LogP contribution in [0.5, 0.6) is 0 Å². The maximum absolute atomic E-state index is 5.98. The van der Waals surface area contributed by atoms with Gasteiger partial charge in [0.15, 0.2) is 5.96 Å². The topological polar surface area (TPSA) is 103 Å². The predicted molar refractivity (Wildman–Crippen MR) is 68.0 cm³/mol. The smallest absolute Gasteiger partial charge is 0.223 e. The summed E-state index contributed by atoms with van der Waals surface area (Å²) in [5, 5.41) is 0.627. The van der Waals surface area contributed by atoms with Gasteiger partial charge >= 0.3 is 0 Å². The Morgan fingerprint density at radius 1 is 1.19 bits per heavy atom. The Kier molecular flexibility index (Phi) is 3.73. The Balaban J connectivity index is 3.24. The molecule has 5 nitrogen and oxygen atoms in total. The van der Waals surface area contributed by atoms with Gasteiger partial charge in [-0.3, -0.25) is 0 Å². The summed E-state index contributed by atoms with van der Waals surface area (Å²) in [4.78, 5) is 7.76. The van der Waals surface area contributed by atoms with Crippen LogP contribution in [0.2, 0.25) is 5.02 Å². The van der Waals surface area contributed by atoms with E-state index in [2.05, 4.69) is 9.98 Å². The number of rotatable bonds is 1. The van der Waals surface area contributed by atoms with Gasteiger partial charge in [0.25, 0.3) is 0 Å². The predicted octanol–water partition coefficient (Wildman–Crippen LogP) is 1.18. The van der Waals surface area contributed by atoms with E-state index < -0.39 is 0 Å². The first kappa shape index (κ1) is 12.3. The summed E-state index contributed by atoms with van der Waals surface area (Å²) in [6.07, 6.45) is 0. The summed E-state index contributed by atoms with van der Waals surface area (Å²) >= 11 is 5.98. The minimum Gasteiger partial charge on any atom is -0.370 e. The third kappa shape index (κ3) is 2.87. The van der Waals surface area contributed by atoms with Crippen molar-refractivity contribution in [3.8, 4) is 0 Å². The second-order valence-corrected chi connectivity index (χ2v) is 3.75. The van der Waals surface area contributed by atoms with E-state index in [1.165, 1.54) is 0 Å². The summed E-state index contributed by atoms with van der Waals surface area (Å²) in [7, 11) is 0. The Morgan fingerprint density at radius 2 is 1.81 bits per heavy atom. The number of benzene rings is 1. The van der Waals surface area contributed by atoms with Crippen molar-refractivity contribution in [1.82, 2.24) is 0 Å². The van der Waals surface area contributed by atoms with Gasteiger partial charge in [0, 0.05) is 5.02 Å². The van der Waals surface area contributed by atoms with Crippen LogP contribution in [-0.2, 0) is 0 Å². The molecular formula is C10H14ClN5. The Morgan fingerprint density at radius 3 is 2.38 bits per heavy atom. The first-order valence-electron chi connectivity index (χ1n) is 4.61. The van der Waals surface area contributed by atoms with Crippen LogP contribution >= 0.6 is 11.6 Å². The molecule has 0 aliphatic rings. The normalized spacial score (nSPS) is 11.3. The van der Waals surface area contributed by atoms with Gasteiger partial charge in [-0.15, -0.1) is 0 Å². The second-order valence-electron chi connectivity index (χ2n) is 3.34. The van der Waals surface area contributed by atoms with E-state index in [0.717, 1.165) is 11.1 Å². The van der Waals surface area contributed by atoms with Crippen molar-refractivity contribution in [3.05, 3.63) is 28.3 Å². The van der Waals surface area contributed by atoms with Crippen LogP contribution in [0.25, 0.3) is 0 Å². The van der Waals surface area contributed by atoms with Crippen molar-refractivity contribution in [1.29, 1.82) is 0 Å². The van der Waals surface area contributed by atoms with Crippen molar-refractivity contribution in [2.75, 3.05) is 0 Å². The fourth-order valence-electron chi connectivity index (χ4n) is 1.25. The highest BCUT2D eigenvalue weighted by atomic mass is 35.5. The molecule has 1 aromatic rings. The summed E-state index contributed by atoms with van der Waals surface area (Å²) in [6.45, 7) is 3.77. The van der Waals surface area contributed by atoms with Crippen LogP contribution in [0.15, 0.2) is 22.1 Å². The van der Waals surface area contributed by atoms with Crippen molar-refractivity contribution in [3.63, 3.8) is 0 Å². The minimum atomic E-state index is -0.126. The molecule has 86 valence electrons. The zero-order valence-corrected chi connectivity index (χ0v) is 9.92. The van der Waals surface area contributed by atoms with Crippen LogP contribution in [0.4, 0.5) is 5.69 Å². The quantitative estimate of drug-likeness (QED) is 0.506. The Hall–Kier alpha value is -1.75. The third-order valence-electron chi connectivity index (χ3n) is 2.04. The molecule has 1 rings (SSSR count). The number of aliphatic imine (C=N–C) groups is 2. The number of nitrogens with zero attached hydrogens (tertiary/aromatic N) is 2. The molecular weight excluding hydrogens is 226 g/mol. The standard InChI is InChI=1S/C10H14ClN5/c1-5-3-4-7(11)6(2)8(5)15-10(14)16-9(12)13/h3-4H,1-2H3,(H6,12,13,14,15,16).